The van der Waals surface area contributed by atoms with Gasteiger partial charge < -0.3 is 4.74 Å². The molecule has 2 aromatic rings. The van der Waals surface area contributed by atoms with Gasteiger partial charge in [-0.15, -0.1) is 0 Å². The Kier molecular flexibility index (Phi) is 7.10. The van der Waals surface area contributed by atoms with Crippen LogP contribution in [0.15, 0.2) is 47.4 Å². The maximum absolute atomic E-state index is 12.7. The van der Waals surface area contributed by atoms with Gasteiger partial charge in [-0.1, -0.05) is 30.3 Å². The number of nitrogens with one attached hydrogen (secondary N) is 2. The highest BCUT2D eigenvalue weighted by Gasteiger charge is 2.22. The van der Waals surface area contributed by atoms with Gasteiger partial charge in [-0.05, 0) is 60.4 Å². The van der Waals surface area contributed by atoms with Crippen molar-refractivity contribution in [1.29, 1.82) is 0 Å². The van der Waals surface area contributed by atoms with Crippen molar-refractivity contribution in [3.05, 3.63) is 69.6 Å². The van der Waals surface area contributed by atoms with E-state index in [0.29, 0.717) is 23.1 Å². The lowest BCUT2D eigenvalue weighted by atomic mass is 9.97. The summed E-state index contributed by atoms with van der Waals surface area (Å²) in [4.78, 5) is 0.191. The van der Waals surface area contributed by atoms with Gasteiger partial charge >= 0.3 is 6.61 Å². The molecule has 1 aliphatic carbocycles. The third kappa shape index (κ3) is 6.33. The maximum atomic E-state index is 12.7. The predicted octanol–water partition coefficient (Wildman–Crippen LogP) is 2.74. The SMILES string of the molecule is CNS(=O)(=O)Cc1cccc(CNS(=O)(=O)C2=Cc3ccc(OC(F)F)cc3CC2)c1. The van der Waals surface area contributed by atoms with Crippen molar-refractivity contribution in [2.24, 2.45) is 0 Å². The number of ether oxygens (including phenoxy) is 1. The topological polar surface area (TPSA) is 102 Å². The maximum Gasteiger partial charge on any atom is 0.387 e. The lowest BCUT2D eigenvalue weighted by Crippen LogP contribution is -2.26. The summed E-state index contributed by atoms with van der Waals surface area (Å²) in [6.07, 6.45) is 2.12. The molecule has 11 heteroatoms. The number of allylic oxidation sites excluding steroid dienone is 1. The third-order valence-corrected chi connectivity index (χ3v) is 7.64. The Morgan fingerprint density at radius 2 is 1.77 bits per heavy atom. The number of benzene rings is 2. The van der Waals surface area contributed by atoms with Crippen molar-refractivity contribution in [1.82, 2.24) is 9.44 Å². The lowest BCUT2D eigenvalue weighted by molar-refractivity contribution is -0.0498. The molecule has 2 N–H and O–H groups in total. The van der Waals surface area contributed by atoms with E-state index in [0.717, 1.165) is 5.56 Å². The number of hydrogen-bond donors (Lipinski definition) is 2. The Bertz CT molecular complexity index is 1200. The van der Waals surface area contributed by atoms with Crippen molar-refractivity contribution in [2.75, 3.05) is 7.05 Å². The second-order valence-corrected chi connectivity index (χ2v) is 10.7. The molecule has 168 valence electrons. The van der Waals surface area contributed by atoms with Crippen molar-refractivity contribution in [3.8, 4) is 5.75 Å². The van der Waals surface area contributed by atoms with Gasteiger partial charge in [0.1, 0.15) is 5.75 Å². The fourth-order valence-corrected chi connectivity index (χ4v) is 5.18. The van der Waals surface area contributed by atoms with Gasteiger partial charge in [-0.25, -0.2) is 26.3 Å². The number of halogens is 2. The summed E-state index contributed by atoms with van der Waals surface area (Å²) < 4.78 is 82.8. The smallest absolute Gasteiger partial charge is 0.387 e. The molecule has 0 radical (unpaired) electrons. The zero-order valence-electron chi connectivity index (χ0n) is 16.6. The second-order valence-electron chi connectivity index (χ2n) is 6.96. The van der Waals surface area contributed by atoms with E-state index in [9.17, 15) is 25.6 Å². The van der Waals surface area contributed by atoms with Crippen LogP contribution in [-0.2, 0) is 38.8 Å². The van der Waals surface area contributed by atoms with E-state index in [-0.39, 0.29) is 29.4 Å². The molecule has 31 heavy (non-hydrogen) atoms. The summed E-state index contributed by atoms with van der Waals surface area (Å²) in [7, 11) is -5.88. The molecule has 0 saturated heterocycles. The molecular weight excluding hydrogens is 450 g/mol. The number of alkyl halides is 2. The summed E-state index contributed by atoms with van der Waals surface area (Å²) in [5, 5.41) is 0. The van der Waals surface area contributed by atoms with Crippen molar-refractivity contribution >= 4 is 26.1 Å². The molecule has 0 aliphatic heterocycles. The number of aryl methyl sites for hydroxylation is 1. The van der Waals surface area contributed by atoms with Crippen molar-refractivity contribution in [3.63, 3.8) is 0 Å². The molecule has 0 saturated carbocycles. The van der Waals surface area contributed by atoms with E-state index in [1.807, 2.05) is 0 Å². The normalized spacial score (nSPS) is 14.3. The molecule has 0 atom stereocenters. The van der Waals surface area contributed by atoms with Gasteiger partial charge in [0.25, 0.3) is 0 Å². The monoisotopic (exact) mass is 472 g/mol. The van der Waals surface area contributed by atoms with Crippen LogP contribution >= 0.6 is 0 Å². The first-order valence-corrected chi connectivity index (χ1v) is 12.5. The van der Waals surface area contributed by atoms with E-state index in [1.54, 1.807) is 30.3 Å². The predicted molar refractivity (Wildman–Crippen MR) is 113 cm³/mol. The highest BCUT2D eigenvalue weighted by atomic mass is 32.2. The summed E-state index contributed by atoms with van der Waals surface area (Å²) >= 11 is 0. The van der Waals surface area contributed by atoms with Gasteiger partial charge in [-0.2, -0.15) is 8.78 Å². The standard InChI is InChI=1S/C20H22F2N2O5S2/c1-23-30(25,26)13-15-4-2-3-14(9-15)12-24-31(27,28)19-8-6-16-10-18(29-20(21)22)7-5-17(16)11-19/h2-5,7,9-11,20,23-24H,6,8,12-13H2,1H3. The number of fused-ring (bicyclic) bond motifs is 1. The molecule has 0 aromatic heterocycles. The molecule has 0 amide bonds. The summed E-state index contributed by atoms with van der Waals surface area (Å²) in [5.74, 6) is -0.171. The van der Waals surface area contributed by atoms with Crippen LogP contribution in [0.4, 0.5) is 8.78 Å². The largest absolute Gasteiger partial charge is 0.435 e. The Balaban J connectivity index is 1.71. The molecule has 0 fully saturated rings. The van der Waals surface area contributed by atoms with Crippen LogP contribution in [-0.4, -0.2) is 30.5 Å². The summed E-state index contributed by atoms with van der Waals surface area (Å²) in [6, 6.07) is 11.1. The van der Waals surface area contributed by atoms with Crippen LogP contribution in [0.1, 0.15) is 28.7 Å². The highest BCUT2D eigenvalue weighted by Crippen LogP contribution is 2.30. The van der Waals surface area contributed by atoms with Crippen LogP contribution in [0.25, 0.3) is 6.08 Å². The van der Waals surface area contributed by atoms with Gasteiger partial charge in [0, 0.05) is 6.54 Å². The highest BCUT2D eigenvalue weighted by molar-refractivity contribution is 7.93. The summed E-state index contributed by atoms with van der Waals surface area (Å²) in [6.45, 7) is -2.92. The lowest BCUT2D eigenvalue weighted by Gasteiger charge is -2.18. The van der Waals surface area contributed by atoms with E-state index < -0.39 is 26.7 Å². The van der Waals surface area contributed by atoms with Gasteiger partial charge in [0.15, 0.2) is 0 Å². The van der Waals surface area contributed by atoms with Crippen LogP contribution in [0.3, 0.4) is 0 Å². The zero-order chi connectivity index (χ0) is 22.6. The van der Waals surface area contributed by atoms with Gasteiger partial charge in [0.2, 0.25) is 20.0 Å². The molecule has 3 rings (SSSR count). The first-order chi connectivity index (χ1) is 14.6. The molecule has 2 aromatic carbocycles. The van der Waals surface area contributed by atoms with Crippen molar-refractivity contribution in [2.45, 2.75) is 31.8 Å². The Hall–Kier alpha value is -2.34. The molecular formula is C20H22F2N2O5S2. The number of sulfonamides is 2. The first-order valence-electron chi connectivity index (χ1n) is 9.35. The van der Waals surface area contributed by atoms with Gasteiger partial charge in [-0.3, -0.25) is 0 Å². The minimum atomic E-state index is -3.78. The fraction of sp³-hybridized carbons (Fsp3) is 0.300. The van der Waals surface area contributed by atoms with E-state index in [2.05, 4.69) is 14.2 Å². The van der Waals surface area contributed by atoms with Crippen LogP contribution in [0.2, 0.25) is 0 Å². The number of hydrogen-bond acceptors (Lipinski definition) is 5. The Labute approximate surface area is 180 Å². The first kappa shape index (κ1) is 23.3. The van der Waals surface area contributed by atoms with Crippen LogP contribution in [0.5, 0.6) is 5.75 Å². The second kappa shape index (κ2) is 9.43. The van der Waals surface area contributed by atoms with Crippen molar-refractivity contribution < 1.29 is 30.4 Å². The van der Waals surface area contributed by atoms with Crippen LogP contribution < -0.4 is 14.2 Å². The fourth-order valence-electron chi connectivity index (χ4n) is 3.22. The van der Waals surface area contributed by atoms with E-state index >= 15 is 0 Å². The Morgan fingerprint density at radius 1 is 1.03 bits per heavy atom. The third-order valence-electron chi connectivity index (χ3n) is 4.77. The molecule has 1 aliphatic rings. The zero-order valence-corrected chi connectivity index (χ0v) is 18.3. The molecule has 7 nitrogen and oxygen atoms in total. The van der Waals surface area contributed by atoms with Crippen LogP contribution in [0, 0.1) is 0 Å². The van der Waals surface area contributed by atoms with E-state index in [4.69, 9.17) is 0 Å². The quantitative estimate of drug-likeness (QED) is 0.585. The summed E-state index contributed by atoms with van der Waals surface area (Å²) in [5.41, 5.74) is 2.53. The minimum absolute atomic E-state index is 0.00113. The van der Waals surface area contributed by atoms with Gasteiger partial charge in [0.05, 0.1) is 10.7 Å². The molecule has 0 heterocycles. The van der Waals surface area contributed by atoms with E-state index in [1.165, 1.54) is 25.3 Å². The molecule has 0 bridgehead atoms. The molecule has 0 unspecified atom stereocenters. The average Bonchev–Trinajstić information content (AvgIpc) is 2.71. The number of rotatable bonds is 9. The Morgan fingerprint density at radius 3 is 2.48 bits per heavy atom. The average molecular weight is 473 g/mol. The minimum Gasteiger partial charge on any atom is -0.435 e. The molecule has 0 spiro atoms.